The zero-order chi connectivity index (χ0) is 13.1. The van der Waals surface area contributed by atoms with Gasteiger partial charge < -0.3 is 15.2 Å². The van der Waals surface area contributed by atoms with Crippen LogP contribution in [0.1, 0.15) is 37.0 Å². The molecule has 5 nitrogen and oxygen atoms in total. The van der Waals surface area contributed by atoms with Gasteiger partial charge in [0, 0.05) is 17.6 Å². The number of amides is 1. The van der Waals surface area contributed by atoms with Gasteiger partial charge in [0.05, 0.1) is 4.43 Å². The van der Waals surface area contributed by atoms with Crippen LogP contribution < -0.4 is 10.6 Å². The summed E-state index contributed by atoms with van der Waals surface area (Å²) in [5.41, 5.74) is 0.154. The van der Waals surface area contributed by atoms with Gasteiger partial charge in [-0.3, -0.25) is 4.79 Å². The lowest BCUT2D eigenvalue weighted by molar-refractivity contribution is 0.0909. The van der Waals surface area contributed by atoms with Gasteiger partial charge in [-0.15, -0.1) is 0 Å². The smallest absolute Gasteiger partial charge is 0.273 e. The van der Waals surface area contributed by atoms with Crippen molar-refractivity contribution in [1.29, 1.82) is 0 Å². The van der Waals surface area contributed by atoms with Crippen LogP contribution in [0, 0.1) is 0 Å². The highest BCUT2D eigenvalue weighted by atomic mass is 127. The number of halogens is 1. The number of hydrogen-bond donors (Lipinski definition) is 2. The zero-order valence-electron chi connectivity index (χ0n) is 10.5. The minimum absolute atomic E-state index is 0.0141. The van der Waals surface area contributed by atoms with E-state index >= 15 is 0 Å². The van der Waals surface area contributed by atoms with Crippen molar-refractivity contribution < 1.29 is 9.32 Å². The van der Waals surface area contributed by atoms with Gasteiger partial charge in [0.15, 0.2) is 5.69 Å². The van der Waals surface area contributed by atoms with E-state index in [-0.39, 0.29) is 17.5 Å². The topological polar surface area (TPSA) is 67.2 Å². The third-order valence-corrected chi connectivity index (χ3v) is 3.75. The second kappa shape index (κ2) is 5.81. The van der Waals surface area contributed by atoms with Crippen LogP contribution >= 0.6 is 22.6 Å². The molecule has 0 saturated heterocycles. The lowest BCUT2D eigenvalue weighted by atomic mass is 9.96. The highest BCUT2D eigenvalue weighted by molar-refractivity contribution is 14.1. The van der Waals surface area contributed by atoms with Crippen LogP contribution in [0.2, 0.25) is 0 Å². The van der Waals surface area contributed by atoms with Crippen LogP contribution in [0.25, 0.3) is 0 Å². The second-order valence-corrected chi connectivity index (χ2v) is 5.24. The summed E-state index contributed by atoms with van der Waals surface area (Å²) in [7, 11) is 1.87. The molecule has 1 heterocycles. The van der Waals surface area contributed by atoms with Gasteiger partial charge in [0.1, 0.15) is 5.76 Å². The number of alkyl halides is 1. The number of likely N-dealkylation sites (N-methyl/N-ethyl adjacent to an activating group) is 1. The Bertz CT molecular complexity index is 390. The van der Waals surface area contributed by atoms with E-state index in [9.17, 15) is 4.79 Å². The summed E-state index contributed by atoms with van der Waals surface area (Å²) in [4.78, 5) is 11.9. The molecule has 6 heteroatoms. The zero-order valence-corrected chi connectivity index (χ0v) is 12.7. The summed E-state index contributed by atoms with van der Waals surface area (Å²) >= 11 is 2.16. The Morgan fingerprint density at radius 3 is 2.76 bits per heavy atom. The number of carbonyl (C=O) groups excluding carboxylic acids is 1. The lowest BCUT2D eigenvalue weighted by Crippen LogP contribution is -2.54. The van der Waals surface area contributed by atoms with Gasteiger partial charge >= 0.3 is 0 Å². The Kier molecular flexibility index (Phi) is 4.93. The van der Waals surface area contributed by atoms with Crippen LogP contribution in [0.15, 0.2) is 10.6 Å². The number of hydrogen-bond acceptors (Lipinski definition) is 4. The molecule has 1 amide bonds. The van der Waals surface area contributed by atoms with Crippen molar-refractivity contribution in [2.45, 2.75) is 36.8 Å². The fraction of sp³-hybridized carbons (Fsp3) is 0.636. The Hall–Kier alpha value is -0.630. The van der Waals surface area contributed by atoms with E-state index < -0.39 is 0 Å². The SMILES string of the molecule is CNC(C)(C)C(C)NC(=O)c1cc(CI)on1. The highest BCUT2D eigenvalue weighted by Gasteiger charge is 2.26. The summed E-state index contributed by atoms with van der Waals surface area (Å²) in [5.74, 6) is 0.497. The van der Waals surface area contributed by atoms with E-state index in [1.165, 1.54) is 0 Å². The molecule has 17 heavy (non-hydrogen) atoms. The highest BCUT2D eigenvalue weighted by Crippen LogP contribution is 2.11. The third-order valence-electron chi connectivity index (χ3n) is 3.00. The molecule has 0 radical (unpaired) electrons. The fourth-order valence-electron chi connectivity index (χ4n) is 1.15. The number of nitrogens with one attached hydrogen (secondary N) is 2. The molecule has 1 unspecified atom stereocenters. The molecule has 2 N–H and O–H groups in total. The maximum Gasteiger partial charge on any atom is 0.273 e. The van der Waals surface area contributed by atoms with Crippen molar-refractivity contribution in [2.24, 2.45) is 0 Å². The van der Waals surface area contributed by atoms with Gasteiger partial charge in [-0.2, -0.15) is 0 Å². The average molecular weight is 351 g/mol. The predicted molar refractivity (Wildman–Crippen MR) is 74.3 cm³/mol. The number of rotatable bonds is 5. The van der Waals surface area contributed by atoms with Crippen LogP contribution in [-0.2, 0) is 4.43 Å². The van der Waals surface area contributed by atoms with Gasteiger partial charge in [-0.25, -0.2) is 0 Å². The van der Waals surface area contributed by atoms with E-state index in [1.807, 2.05) is 27.8 Å². The molecule has 1 rings (SSSR count). The molecule has 0 fully saturated rings. The molecule has 0 spiro atoms. The summed E-state index contributed by atoms with van der Waals surface area (Å²) in [5, 5.41) is 9.79. The Labute approximate surface area is 115 Å². The average Bonchev–Trinajstić information content (AvgIpc) is 2.77. The molecule has 96 valence electrons. The van der Waals surface area contributed by atoms with Gasteiger partial charge in [-0.05, 0) is 27.8 Å². The molecule has 1 aromatic heterocycles. The molecule has 0 bridgehead atoms. The Morgan fingerprint density at radius 1 is 1.65 bits per heavy atom. The van der Waals surface area contributed by atoms with Crippen LogP contribution in [0.5, 0.6) is 0 Å². The van der Waals surface area contributed by atoms with Crippen molar-refractivity contribution in [3.63, 3.8) is 0 Å². The Balaban J connectivity index is 2.66. The minimum Gasteiger partial charge on any atom is -0.360 e. The molecular weight excluding hydrogens is 333 g/mol. The standard InChI is InChI=1S/C11H18IN3O2/c1-7(11(2,3)13-4)14-10(16)9-5-8(6-12)17-15-9/h5,7,13H,6H2,1-4H3,(H,14,16). The monoisotopic (exact) mass is 351 g/mol. The molecular formula is C11H18IN3O2. The first-order valence-corrected chi connectivity index (χ1v) is 6.94. The van der Waals surface area contributed by atoms with E-state index in [1.54, 1.807) is 6.07 Å². The molecule has 0 aliphatic heterocycles. The van der Waals surface area contributed by atoms with Crippen molar-refractivity contribution in [3.8, 4) is 0 Å². The molecule has 1 aromatic rings. The summed E-state index contributed by atoms with van der Waals surface area (Å²) < 4.78 is 5.70. The fourth-order valence-corrected chi connectivity index (χ4v) is 1.51. The van der Waals surface area contributed by atoms with Crippen LogP contribution in [-0.4, -0.2) is 29.7 Å². The molecule has 0 aromatic carbocycles. The van der Waals surface area contributed by atoms with E-state index in [4.69, 9.17) is 4.52 Å². The number of nitrogens with zero attached hydrogens (tertiary/aromatic N) is 1. The predicted octanol–water partition coefficient (Wildman–Crippen LogP) is 1.73. The van der Waals surface area contributed by atoms with Crippen molar-refractivity contribution in [3.05, 3.63) is 17.5 Å². The second-order valence-electron chi connectivity index (χ2n) is 4.48. The maximum atomic E-state index is 11.9. The first-order valence-electron chi connectivity index (χ1n) is 5.42. The Morgan fingerprint density at radius 2 is 2.29 bits per heavy atom. The molecule has 0 saturated carbocycles. The number of carbonyl (C=O) groups is 1. The largest absolute Gasteiger partial charge is 0.360 e. The quantitative estimate of drug-likeness (QED) is 0.626. The summed E-state index contributed by atoms with van der Waals surface area (Å²) in [6, 6.07) is 1.65. The minimum atomic E-state index is -0.208. The lowest BCUT2D eigenvalue weighted by Gasteiger charge is -2.31. The number of aromatic nitrogens is 1. The summed E-state index contributed by atoms with van der Waals surface area (Å²) in [6.07, 6.45) is 0. The van der Waals surface area contributed by atoms with Crippen LogP contribution in [0.3, 0.4) is 0 Å². The van der Waals surface area contributed by atoms with Gasteiger partial charge in [-0.1, -0.05) is 27.7 Å². The summed E-state index contributed by atoms with van der Waals surface area (Å²) in [6.45, 7) is 6.00. The molecule has 1 atom stereocenters. The first-order chi connectivity index (χ1) is 7.90. The van der Waals surface area contributed by atoms with Gasteiger partial charge in [0.2, 0.25) is 0 Å². The molecule has 0 aliphatic rings. The van der Waals surface area contributed by atoms with E-state index in [0.29, 0.717) is 15.9 Å². The van der Waals surface area contributed by atoms with Crippen LogP contribution in [0.4, 0.5) is 0 Å². The third kappa shape index (κ3) is 3.67. The van der Waals surface area contributed by atoms with Crippen molar-refractivity contribution >= 4 is 28.5 Å². The van der Waals surface area contributed by atoms with Crippen molar-refractivity contribution in [1.82, 2.24) is 15.8 Å². The van der Waals surface area contributed by atoms with Crippen molar-refractivity contribution in [2.75, 3.05) is 7.05 Å². The normalized spacial score (nSPS) is 13.5. The first kappa shape index (κ1) is 14.4. The maximum absolute atomic E-state index is 11.9. The van der Waals surface area contributed by atoms with E-state index in [2.05, 4.69) is 38.4 Å². The van der Waals surface area contributed by atoms with Gasteiger partial charge in [0.25, 0.3) is 5.91 Å². The molecule has 0 aliphatic carbocycles. The van der Waals surface area contributed by atoms with E-state index in [0.717, 1.165) is 0 Å².